The molecule has 164 valence electrons. The number of oxime groups is 1. The summed E-state index contributed by atoms with van der Waals surface area (Å²) in [5, 5.41) is 4.49. The van der Waals surface area contributed by atoms with Crippen molar-refractivity contribution in [2.75, 3.05) is 13.2 Å². The molecule has 1 aromatic carbocycles. The van der Waals surface area contributed by atoms with Gasteiger partial charge in [0.25, 0.3) is 0 Å². The second-order valence-corrected chi connectivity index (χ2v) is 13.9. The van der Waals surface area contributed by atoms with Crippen LogP contribution in [0.15, 0.2) is 65.2 Å². The standard InChI is InChI=1S/C24H37N3O2Si/c1-24(2,3)30(4,5)28-20-9-13-23(14-18-27-17-10-15-25-16-19-27)29-26-21-22-11-7-6-8-12-22/h6-8,10-12,15-17,19,21,23H,9,13-14,18,20H2,1-5H3/b26-21+. The molecule has 0 saturated heterocycles. The highest BCUT2D eigenvalue weighted by Crippen LogP contribution is 2.36. The quantitative estimate of drug-likeness (QED) is 0.189. The Morgan fingerprint density at radius 3 is 2.63 bits per heavy atom. The summed E-state index contributed by atoms with van der Waals surface area (Å²) in [5.41, 5.74) is 1.04. The molecule has 2 rings (SSSR count). The summed E-state index contributed by atoms with van der Waals surface area (Å²) in [6.45, 7) is 13.0. The Bertz CT molecular complexity index is 721. The minimum absolute atomic E-state index is 0.0407. The zero-order valence-electron chi connectivity index (χ0n) is 19.1. The van der Waals surface area contributed by atoms with Gasteiger partial charge in [0.15, 0.2) is 8.32 Å². The third kappa shape index (κ3) is 8.67. The molecule has 0 N–H and O–H groups in total. The molecule has 1 atom stereocenters. The van der Waals surface area contributed by atoms with Gasteiger partial charge in [0.1, 0.15) is 6.10 Å². The largest absolute Gasteiger partial charge is 0.417 e. The third-order valence-corrected chi connectivity index (χ3v) is 10.2. The van der Waals surface area contributed by atoms with E-state index in [0.717, 1.165) is 38.0 Å². The lowest BCUT2D eigenvalue weighted by molar-refractivity contribution is 0.0405. The number of hydrogen-bond acceptors (Lipinski definition) is 5. The molecule has 0 amide bonds. The van der Waals surface area contributed by atoms with E-state index < -0.39 is 8.32 Å². The van der Waals surface area contributed by atoms with Gasteiger partial charge in [-0.2, -0.15) is 0 Å². The van der Waals surface area contributed by atoms with Gasteiger partial charge in [0, 0.05) is 44.4 Å². The average molecular weight is 428 g/mol. The van der Waals surface area contributed by atoms with Crippen LogP contribution in [0.25, 0.3) is 0 Å². The Hall–Kier alpha value is -2.18. The predicted octanol–water partition coefficient (Wildman–Crippen LogP) is 5.97. The summed E-state index contributed by atoms with van der Waals surface area (Å²) in [6.07, 6.45) is 14.1. The maximum absolute atomic E-state index is 6.32. The van der Waals surface area contributed by atoms with E-state index >= 15 is 0 Å². The first-order valence-corrected chi connectivity index (χ1v) is 13.7. The van der Waals surface area contributed by atoms with Crippen LogP contribution in [0.5, 0.6) is 0 Å². The second-order valence-electron chi connectivity index (χ2n) is 9.09. The van der Waals surface area contributed by atoms with E-state index in [1.807, 2.05) is 48.8 Å². The normalized spacial score (nSPS) is 15.6. The maximum Gasteiger partial charge on any atom is 0.191 e. The van der Waals surface area contributed by atoms with E-state index in [0.29, 0.717) is 0 Å². The van der Waals surface area contributed by atoms with Gasteiger partial charge in [0.2, 0.25) is 0 Å². The molecule has 0 saturated carbocycles. The Morgan fingerprint density at radius 2 is 1.90 bits per heavy atom. The predicted molar refractivity (Wildman–Crippen MR) is 129 cm³/mol. The molecule has 1 aromatic rings. The lowest BCUT2D eigenvalue weighted by Crippen LogP contribution is -2.41. The first-order valence-electron chi connectivity index (χ1n) is 10.8. The lowest BCUT2D eigenvalue weighted by atomic mass is 10.1. The van der Waals surface area contributed by atoms with Gasteiger partial charge in [-0.15, -0.1) is 0 Å². The Kier molecular flexibility index (Phi) is 9.53. The smallest absolute Gasteiger partial charge is 0.191 e. The van der Waals surface area contributed by atoms with Crippen LogP contribution in [-0.2, 0) is 9.26 Å². The molecule has 0 spiro atoms. The zero-order valence-corrected chi connectivity index (χ0v) is 20.1. The molecule has 0 fully saturated rings. The third-order valence-electron chi connectivity index (χ3n) is 5.65. The molecule has 0 radical (unpaired) electrons. The monoisotopic (exact) mass is 427 g/mol. The number of aliphatic imine (C=N–C) groups is 1. The minimum atomic E-state index is -1.71. The van der Waals surface area contributed by atoms with Crippen molar-refractivity contribution < 1.29 is 9.26 Å². The van der Waals surface area contributed by atoms with E-state index in [4.69, 9.17) is 9.26 Å². The van der Waals surface area contributed by atoms with Crippen LogP contribution in [-0.4, -0.2) is 44.9 Å². The number of hydrogen-bond donors (Lipinski definition) is 0. The highest BCUT2D eigenvalue weighted by atomic mass is 28.4. The van der Waals surface area contributed by atoms with Gasteiger partial charge in [-0.05, 0) is 42.6 Å². The van der Waals surface area contributed by atoms with Crippen LogP contribution in [0.4, 0.5) is 0 Å². The molecular formula is C24H37N3O2Si. The molecular weight excluding hydrogens is 390 g/mol. The SMILES string of the molecule is CC(C)(C)[Si](C)(C)OCCCC(CCN1C=CC=NC=C1)O/N=C/c1ccccc1. The molecule has 1 unspecified atom stereocenters. The van der Waals surface area contributed by atoms with E-state index in [2.05, 4.69) is 48.9 Å². The molecule has 0 bridgehead atoms. The highest BCUT2D eigenvalue weighted by Gasteiger charge is 2.36. The molecule has 1 aliphatic heterocycles. The van der Waals surface area contributed by atoms with E-state index in [-0.39, 0.29) is 11.1 Å². The van der Waals surface area contributed by atoms with Crippen LogP contribution in [0, 0.1) is 0 Å². The molecule has 5 nitrogen and oxygen atoms in total. The van der Waals surface area contributed by atoms with Crippen molar-refractivity contribution >= 4 is 20.7 Å². The fraction of sp³-hybridized carbons (Fsp3) is 0.500. The minimum Gasteiger partial charge on any atom is -0.417 e. The summed E-state index contributed by atoms with van der Waals surface area (Å²) in [4.78, 5) is 12.1. The van der Waals surface area contributed by atoms with Crippen molar-refractivity contribution in [2.24, 2.45) is 10.1 Å². The molecule has 6 heteroatoms. The van der Waals surface area contributed by atoms with Crippen molar-refractivity contribution in [3.63, 3.8) is 0 Å². The first-order chi connectivity index (χ1) is 14.3. The zero-order chi connectivity index (χ0) is 21.9. The van der Waals surface area contributed by atoms with Gasteiger partial charge in [-0.3, -0.25) is 4.99 Å². The molecule has 0 aromatic heterocycles. The summed E-state index contributed by atoms with van der Waals surface area (Å²) in [5.74, 6) is 0. The fourth-order valence-corrected chi connectivity index (χ4v) is 3.77. The van der Waals surface area contributed by atoms with Gasteiger partial charge < -0.3 is 14.2 Å². The van der Waals surface area contributed by atoms with Gasteiger partial charge >= 0.3 is 0 Å². The van der Waals surface area contributed by atoms with Crippen LogP contribution in [0.2, 0.25) is 18.1 Å². The van der Waals surface area contributed by atoms with Crippen molar-refractivity contribution in [1.29, 1.82) is 0 Å². The summed E-state index contributed by atoms with van der Waals surface area (Å²) in [7, 11) is -1.71. The first kappa shape index (κ1) is 24.1. The van der Waals surface area contributed by atoms with Crippen LogP contribution < -0.4 is 0 Å². The highest BCUT2D eigenvalue weighted by molar-refractivity contribution is 6.74. The van der Waals surface area contributed by atoms with Crippen molar-refractivity contribution in [3.05, 3.63) is 60.6 Å². The summed E-state index contributed by atoms with van der Waals surface area (Å²) < 4.78 is 6.32. The number of allylic oxidation sites excluding steroid dienone is 1. The molecule has 1 aliphatic rings. The van der Waals surface area contributed by atoms with E-state index in [1.165, 1.54) is 0 Å². The summed E-state index contributed by atoms with van der Waals surface area (Å²) in [6, 6.07) is 10.0. The van der Waals surface area contributed by atoms with Crippen molar-refractivity contribution in [1.82, 2.24) is 4.90 Å². The van der Waals surface area contributed by atoms with Gasteiger partial charge in [-0.1, -0.05) is 56.3 Å². The number of nitrogens with zero attached hydrogens (tertiary/aromatic N) is 3. The van der Waals surface area contributed by atoms with Crippen LogP contribution >= 0.6 is 0 Å². The molecule has 0 aliphatic carbocycles. The second kappa shape index (κ2) is 11.9. The molecule has 1 heterocycles. The average Bonchev–Trinajstić information content (AvgIpc) is 2.97. The van der Waals surface area contributed by atoms with Crippen molar-refractivity contribution in [2.45, 2.75) is 64.3 Å². The fourth-order valence-electron chi connectivity index (χ4n) is 2.69. The van der Waals surface area contributed by atoms with Gasteiger partial charge in [0.05, 0.1) is 6.21 Å². The van der Waals surface area contributed by atoms with E-state index in [9.17, 15) is 0 Å². The Labute approximate surface area is 183 Å². The van der Waals surface area contributed by atoms with E-state index in [1.54, 1.807) is 18.6 Å². The van der Waals surface area contributed by atoms with Gasteiger partial charge in [-0.25, -0.2) is 0 Å². The molecule has 30 heavy (non-hydrogen) atoms. The Balaban J connectivity index is 1.86. The number of rotatable bonds is 11. The van der Waals surface area contributed by atoms with Crippen LogP contribution in [0.3, 0.4) is 0 Å². The van der Waals surface area contributed by atoms with Crippen LogP contribution in [0.1, 0.15) is 45.6 Å². The Morgan fingerprint density at radius 1 is 1.13 bits per heavy atom. The van der Waals surface area contributed by atoms with Crippen molar-refractivity contribution in [3.8, 4) is 0 Å². The lowest BCUT2D eigenvalue weighted by Gasteiger charge is -2.36. The maximum atomic E-state index is 6.32. The topological polar surface area (TPSA) is 46.4 Å². The summed E-state index contributed by atoms with van der Waals surface area (Å²) >= 11 is 0. The number of benzene rings is 1.